The Balaban J connectivity index is 2.21. The third-order valence-electron chi connectivity index (χ3n) is 3.91. The van der Waals surface area contributed by atoms with Crippen LogP contribution in [0.15, 0.2) is 18.2 Å². The summed E-state index contributed by atoms with van der Waals surface area (Å²) in [5.41, 5.74) is 0.522. The van der Waals surface area contributed by atoms with Crippen LogP contribution in [0.1, 0.15) is 25.3 Å². The Hall–Kier alpha value is -0.570. The third kappa shape index (κ3) is 2.56. The quantitative estimate of drug-likeness (QED) is 0.918. The van der Waals surface area contributed by atoms with E-state index in [-0.39, 0.29) is 11.2 Å². The third-order valence-corrected chi connectivity index (χ3v) is 4.62. The molecular weight excluding hydrogens is 269 g/mol. The first-order chi connectivity index (χ1) is 8.59. The molecule has 98 valence electrons. The van der Waals surface area contributed by atoms with Gasteiger partial charge in [-0.2, -0.15) is 0 Å². The molecule has 0 radical (unpaired) electrons. The van der Waals surface area contributed by atoms with Crippen molar-refractivity contribution in [2.24, 2.45) is 5.41 Å². The lowest BCUT2D eigenvalue weighted by atomic mass is 9.78. The highest BCUT2D eigenvalue weighted by molar-refractivity contribution is 6.36. The van der Waals surface area contributed by atoms with Crippen molar-refractivity contribution in [2.45, 2.75) is 26.2 Å². The van der Waals surface area contributed by atoms with Gasteiger partial charge in [-0.25, -0.2) is 0 Å². The molecule has 1 saturated heterocycles. The van der Waals surface area contributed by atoms with Gasteiger partial charge in [0.15, 0.2) is 0 Å². The fraction of sp³-hybridized carbons (Fsp3) is 0.500. The van der Waals surface area contributed by atoms with E-state index in [9.17, 15) is 4.79 Å². The van der Waals surface area contributed by atoms with Gasteiger partial charge in [-0.05, 0) is 37.1 Å². The van der Waals surface area contributed by atoms with Crippen LogP contribution < -0.4 is 5.32 Å². The topological polar surface area (TPSA) is 29.1 Å². The molecule has 2 nitrogen and oxygen atoms in total. The number of rotatable bonds is 4. The SMILES string of the molecule is CCC1(C(=O)Cc2c(Cl)cccc2Cl)CCNC1. The average Bonchev–Trinajstić information content (AvgIpc) is 2.84. The molecule has 1 aromatic rings. The summed E-state index contributed by atoms with van der Waals surface area (Å²) >= 11 is 12.2. The zero-order valence-corrected chi connectivity index (χ0v) is 11.9. The Morgan fingerprint density at radius 2 is 2.06 bits per heavy atom. The van der Waals surface area contributed by atoms with Crippen LogP contribution in [-0.4, -0.2) is 18.9 Å². The van der Waals surface area contributed by atoms with E-state index in [0.29, 0.717) is 16.5 Å². The van der Waals surface area contributed by atoms with Gasteiger partial charge in [0.25, 0.3) is 0 Å². The van der Waals surface area contributed by atoms with Crippen LogP contribution >= 0.6 is 23.2 Å². The van der Waals surface area contributed by atoms with Gasteiger partial charge < -0.3 is 5.32 Å². The van der Waals surface area contributed by atoms with Crippen LogP contribution in [0.5, 0.6) is 0 Å². The minimum atomic E-state index is -0.234. The molecule has 0 spiro atoms. The maximum absolute atomic E-state index is 12.5. The fourth-order valence-electron chi connectivity index (χ4n) is 2.53. The molecule has 0 aliphatic carbocycles. The summed E-state index contributed by atoms with van der Waals surface area (Å²) in [5.74, 6) is 0.241. The van der Waals surface area contributed by atoms with E-state index < -0.39 is 0 Å². The largest absolute Gasteiger partial charge is 0.316 e. The molecule has 18 heavy (non-hydrogen) atoms. The smallest absolute Gasteiger partial charge is 0.144 e. The summed E-state index contributed by atoms with van der Waals surface area (Å²) in [6.07, 6.45) is 2.10. The zero-order chi connectivity index (χ0) is 13.2. The van der Waals surface area contributed by atoms with Crippen molar-refractivity contribution >= 4 is 29.0 Å². The van der Waals surface area contributed by atoms with E-state index in [1.807, 2.05) is 0 Å². The molecule has 1 N–H and O–H groups in total. The van der Waals surface area contributed by atoms with Crippen LogP contribution in [0.4, 0.5) is 0 Å². The van der Waals surface area contributed by atoms with Gasteiger partial charge in [-0.3, -0.25) is 4.79 Å². The van der Waals surface area contributed by atoms with E-state index >= 15 is 0 Å². The summed E-state index contributed by atoms with van der Waals surface area (Å²) in [6, 6.07) is 5.36. The summed E-state index contributed by atoms with van der Waals surface area (Å²) in [5, 5.41) is 4.43. The lowest BCUT2D eigenvalue weighted by Gasteiger charge is -2.25. The number of hydrogen-bond acceptors (Lipinski definition) is 2. The van der Waals surface area contributed by atoms with E-state index in [4.69, 9.17) is 23.2 Å². The highest BCUT2D eigenvalue weighted by Crippen LogP contribution is 2.34. The molecule has 1 aliphatic rings. The van der Waals surface area contributed by atoms with Gasteiger partial charge in [0.05, 0.1) is 0 Å². The molecule has 1 aliphatic heterocycles. The second-order valence-corrected chi connectivity index (χ2v) is 5.68. The van der Waals surface area contributed by atoms with Crippen molar-refractivity contribution in [3.63, 3.8) is 0 Å². The molecule has 1 unspecified atom stereocenters. The predicted molar refractivity (Wildman–Crippen MR) is 75.4 cm³/mol. The van der Waals surface area contributed by atoms with E-state index in [2.05, 4.69) is 12.2 Å². The Kier molecular flexibility index (Phi) is 4.31. The molecule has 1 aromatic carbocycles. The number of halogens is 2. The highest BCUT2D eigenvalue weighted by Gasteiger charge is 2.39. The van der Waals surface area contributed by atoms with Crippen molar-refractivity contribution in [1.82, 2.24) is 5.32 Å². The van der Waals surface area contributed by atoms with Crippen LogP contribution in [0, 0.1) is 5.41 Å². The lowest BCUT2D eigenvalue weighted by molar-refractivity contribution is -0.127. The fourth-order valence-corrected chi connectivity index (χ4v) is 3.06. The summed E-state index contributed by atoms with van der Waals surface area (Å²) in [6.45, 7) is 3.75. The molecule has 0 saturated carbocycles. The van der Waals surface area contributed by atoms with Gasteiger partial charge in [-0.15, -0.1) is 0 Å². The van der Waals surface area contributed by atoms with Gasteiger partial charge in [-0.1, -0.05) is 36.2 Å². The number of benzene rings is 1. The summed E-state index contributed by atoms with van der Waals surface area (Å²) in [7, 11) is 0. The molecule has 0 aromatic heterocycles. The van der Waals surface area contributed by atoms with E-state index in [1.54, 1.807) is 18.2 Å². The molecule has 2 rings (SSSR count). The lowest BCUT2D eigenvalue weighted by Crippen LogP contribution is -2.34. The molecule has 1 fully saturated rings. The summed E-state index contributed by atoms with van der Waals surface area (Å²) in [4.78, 5) is 12.5. The normalized spacial score (nSPS) is 23.3. The number of carbonyl (C=O) groups excluding carboxylic acids is 1. The number of Topliss-reactive ketones (excluding diaryl/α,β-unsaturated/α-hetero) is 1. The second kappa shape index (κ2) is 5.60. The van der Waals surface area contributed by atoms with E-state index in [0.717, 1.165) is 31.5 Å². The van der Waals surface area contributed by atoms with Gasteiger partial charge in [0.1, 0.15) is 5.78 Å². The van der Waals surface area contributed by atoms with Crippen LogP contribution in [0.2, 0.25) is 10.0 Å². The first kappa shape index (κ1) is 13.9. The Labute approximate surface area is 118 Å². The zero-order valence-electron chi connectivity index (χ0n) is 10.4. The van der Waals surface area contributed by atoms with Gasteiger partial charge in [0.2, 0.25) is 0 Å². The van der Waals surface area contributed by atoms with Crippen LogP contribution in [0.25, 0.3) is 0 Å². The van der Waals surface area contributed by atoms with Crippen molar-refractivity contribution < 1.29 is 4.79 Å². The molecule has 0 amide bonds. The monoisotopic (exact) mass is 285 g/mol. The van der Waals surface area contributed by atoms with E-state index in [1.165, 1.54) is 0 Å². The average molecular weight is 286 g/mol. The number of ketones is 1. The van der Waals surface area contributed by atoms with Crippen molar-refractivity contribution in [1.29, 1.82) is 0 Å². The van der Waals surface area contributed by atoms with Crippen LogP contribution in [-0.2, 0) is 11.2 Å². The van der Waals surface area contributed by atoms with Gasteiger partial charge in [0, 0.05) is 28.4 Å². The first-order valence-electron chi connectivity index (χ1n) is 6.26. The standard InChI is InChI=1S/C14H17Cl2NO/c1-2-14(6-7-17-9-14)13(18)8-10-11(15)4-3-5-12(10)16/h3-5,17H,2,6-9H2,1H3. The molecular formula is C14H17Cl2NO. The molecule has 1 heterocycles. The number of hydrogen-bond donors (Lipinski definition) is 1. The van der Waals surface area contributed by atoms with Crippen LogP contribution in [0.3, 0.4) is 0 Å². The van der Waals surface area contributed by atoms with Gasteiger partial charge >= 0.3 is 0 Å². The minimum Gasteiger partial charge on any atom is -0.316 e. The summed E-state index contributed by atoms with van der Waals surface area (Å²) < 4.78 is 0. The maximum Gasteiger partial charge on any atom is 0.144 e. The number of carbonyl (C=O) groups is 1. The molecule has 1 atom stereocenters. The van der Waals surface area contributed by atoms with Crippen molar-refractivity contribution in [2.75, 3.05) is 13.1 Å². The highest BCUT2D eigenvalue weighted by atomic mass is 35.5. The maximum atomic E-state index is 12.5. The Morgan fingerprint density at radius 1 is 1.39 bits per heavy atom. The minimum absolute atomic E-state index is 0.234. The molecule has 4 heteroatoms. The predicted octanol–water partition coefficient (Wildman–Crippen LogP) is 3.49. The first-order valence-corrected chi connectivity index (χ1v) is 7.01. The Bertz CT molecular complexity index is 433. The van der Waals surface area contributed by atoms with Crippen molar-refractivity contribution in [3.05, 3.63) is 33.8 Å². The number of nitrogens with one attached hydrogen (secondary N) is 1. The Morgan fingerprint density at radius 3 is 2.56 bits per heavy atom. The van der Waals surface area contributed by atoms with Crippen molar-refractivity contribution in [3.8, 4) is 0 Å². The molecule has 0 bridgehead atoms. The second-order valence-electron chi connectivity index (χ2n) is 4.86.